The summed E-state index contributed by atoms with van der Waals surface area (Å²) in [7, 11) is 0. The molecule has 0 amide bonds. The molecule has 0 saturated carbocycles. The van der Waals surface area contributed by atoms with Crippen LogP contribution in [0.1, 0.15) is 6.92 Å². The zero-order valence-corrected chi connectivity index (χ0v) is 8.14. The van der Waals surface area contributed by atoms with Crippen molar-refractivity contribution in [3.63, 3.8) is 0 Å². The fraction of sp³-hybridized carbons (Fsp3) is 0.182. The Morgan fingerprint density at radius 3 is 2.57 bits per heavy atom. The number of rotatable bonds is 2. The van der Waals surface area contributed by atoms with E-state index in [1.807, 2.05) is 43.3 Å². The number of nitrogens with two attached hydrogens (primary N) is 1. The second kappa shape index (κ2) is 3.54. The van der Waals surface area contributed by atoms with Gasteiger partial charge >= 0.3 is 0 Å². The number of nitrogen functional groups attached to an aromatic ring is 1. The number of hydrogen-bond donors (Lipinski definition) is 1. The Hall–Kier alpha value is -1.77. The van der Waals surface area contributed by atoms with E-state index in [4.69, 9.17) is 5.73 Å². The van der Waals surface area contributed by atoms with Crippen molar-refractivity contribution < 1.29 is 0 Å². The minimum atomic E-state index is 0.714. The van der Waals surface area contributed by atoms with Crippen LogP contribution >= 0.6 is 0 Å². The number of aromatic nitrogens is 2. The molecule has 0 bridgehead atoms. The van der Waals surface area contributed by atoms with Crippen LogP contribution in [0.25, 0.3) is 11.3 Å². The largest absolute Gasteiger partial charge is 0.384 e. The quantitative estimate of drug-likeness (QED) is 0.782. The molecule has 14 heavy (non-hydrogen) atoms. The molecule has 3 heteroatoms. The zero-order valence-electron chi connectivity index (χ0n) is 8.14. The highest BCUT2D eigenvalue weighted by molar-refractivity contribution is 5.61. The van der Waals surface area contributed by atoms with Gasteiger partial charge in [-0.15, -0.1) is 0 Å². The minimum Gasteiger partial charge on any atom is -0.384 e. The minimum absolute atomic E-state index is 0.714. The van der Waals surface area contributed by atoms with Crippen LogP contribution in [0.15, 0.2) is 36.4 Å². The molecule has 0 aliphatic rings. The summed E-state index contributed by atoms with van der Waals surface area (Å²) in [4.78, 5) is 0. The molecule has 0 atom stereocenters. The van der Waals surface area contributed by atoms with Crippen LogP contribution in [0, 0.1) is 0 Å². The van der Waals surface area contributed by atoms with E-state index in [1.165, 1.54) is 0 Å². The van der Waals surface area contributed by atoms with Gasteiger partial charge < -0.3 is 5.73 Å². The van der Waals surface area contributed by atoms with E-state index in [2.05, 4.69) is 5.10 Å². The van der Waals surface area contributed by atoms with E-state index in [9.17, 15) is 0 Å². The normalized spacial score (nSPS) is 10.4. The van der Waals surface area contributed by atoms with Gasteiger partial charge in [-0.1, -0.05) is 30.3 Å². The van der Waals surface area contributed by atoms with E-state index in [0.29, 0.717) is 5.82 Å². The lowest BCUT2D eigenvalue weighted by Gasteiger charge is -1.96. The van der Waals surface area contributed by atoms with Gasteiger partial charge in [-0.25, -0.2) is 4.68 Å². The van der Waals surface area contributed by atoms with Gasteiger partial charge in [-0.2, -0.15) is 5.10 Å². The average Bonchev–Trinajstić information content (AvgIpc) is 2.61. The Kier molecular flexibility index (Phi) is 2.23. The van der Waals surface area contributed by atoms with Gasteiger partial charge in [0.15, 0.2) is 0 Å². The van der Waals surface area contributed by atoms with Gasteiger partial charge in [0.25, 0.3) is 0 Å². The molecule has 2 N–H and O–H groups in total. The molecule has 72 valence electrons. The molecule has 0 spiro atoms. The summed E-state index contributed by atoms with van der Waals surface area (Å²) >= 11 is 0. The number of aryl methyl sites for hydroxylation is 1. The Bertz CT molecular complexity index is 417. The molecule has 0 saturated heterocycles. The number of anilines is 1. The molecule has 0 fully saturated rings. The third-order valence-electron chi connectivity index (χ3n) is 2.18. The summed E-state index contributed by atoms with van der Waals surface area (Å²) in [6, 6.07) is 11.9. The van der Waals surface area contributed by atoms with E-state index < -0.39 is 0 Å². The molecule has 0 radical (unpaired) electrons. The van der Waals surface area contributed by atoms with Gasteiger partial charge in [0.2, 0.25) is 0 Å². The lowest BCUT2D eigenvalue weighted by molar-refractivity contribution is 0.672. The molecule has 0 aliphatic carbocycles. The van der Waals surface area contributed by atoms with Crippen LogP contribution in [0.2, 0.25) is 0 Å². The summed E-state index contributed by atoms with van der Waals surface area (Å²) < 4.78 is 1.79. The van der Waals surface area contributed by atoms with Crippen molar-refractivity contribution in [1.29, 1.82) is 0 Å². The second-order valence-corrected chi connectivity index (χ2v) is 3.14. The highest BCUT2D eigenvalue weighted by Crippen LogP contribution is 2.19. The van der Waals surface area contributed by atoms with Crippen LogP contribution in [-0.4, -0.2) is 9.78 Å². The van der Waals surface area contributed by atoms with Crippen LogP contribution in [-0.2, 0) is 6.54 Å². The summed E-state index contributed by atoms with van der Waals surface area (Å²) in [5, 5.41) is 4.39. The van der Waals surface area contributed by atoms with Crippen molar-refractivity contribution in [2.45, 2.75) is 13.5 Å². The molecule has 3 nitrogen and oxygen atoms in total. The van der Waals surface area contributed by atoms with Gasteiger partial charge in [0, 0.05) is 18.2 Å². The Morgan fingerprint density at radius 2 is 2.00 bits per heavy atom. The van der Waals surface area contributed by atoms with Gasteiger partial charge in [-0.3, -0.25) is 0 Å². The molecule has 2 rings (SSSR count). The number of hydrogen-bond acceptors (Lipinski definition) is 2. The molecule has 1 aromatic carbocycles. The third kappa shape index (κ3) is 1.48. The first-order valence-electron chi connectivity index (χ1n) is 4.70. The lowest BCUT2D eigenvalue weighted by atomic mass is 10.2. The SMILES string of the molecule is CCn1nc(-c2ccccc2)cc1N. The summed E-state index contributed by atoms with van der Waals surface area (Å²) in [6.07, 6.45) is 0. The van der Waals surface area contributed by atoms with Crippen molar-refractivity contribution in [1.82, 2.24) is 9.78 Å². The number of nitrogens with zero attached hydrogens (tertiary/aromatic N) is 2. The van der Waals surface area contributed by atoms with Crippen molar-refractivity contribution in [2.24, 2.45) is 0 Å². The first kappa shape index (κ1) is 8.81. The predicted molar refractivity (Wildman–Crippen MR) is 57.7 cm³/mol. The topological polar surface area (TPSA) is 43.8 Å². The Morgan fingerprint density at radius 1 is 1.29 bits per heavy atom. The van der Waals surface area contributed by atoms with Crippen LogP contribution < -0.4 is 5.73 Å². The van der Waals surface area contributed by atoms with Gasteiger partial charge in [0.1, 0.15) is 5.82 Å². The van der Waals surface area contributed by atoms with Gasteiger partial charge in [-0.05, 0) is 6.92 Å². The maximum Gasteiger partial charge on any atom is 0.122 e. The van der Waals surface area contributed by atoms with E-state index in [-0.39, 0.29) is 0 Å². The van der Waals surface area contributed by atoms with E-state index >= 15 is 0 Å². The third-order valence-corrected chi connectivity index (χ3v) is 2.18. The molecule has 1 aromatic heterocycles. The standard InChI is InChI=1S/C11H13N3/c1-2-14-11(12)8-10(13-14)9-6-4-3-5-7-9/h3-8H,2,12H2,1H3. The van der Waals surface area contributed by atoms with E-state index in [0.717, 1.165) is 17.8 Å². The maximum absolute atomic E-state index is 5.79. The smallest absolute Gasteiger partial charge is 0.122 e. The summed E-state index contributed by atoms with van der Waals surface area (Å²) in [5.41, 5.74) is 7.83. The highest BCUT2D eigenvalue weighted by Gasteiger charge is 2.04. The van der Waals surface area contributed by atoms with Crippen molar-refractivity contribution in [3.05, 3.63) is 36.4 Å². The van der Waals surface area contributed by atoms with E-state index in [1.54, 1.807) is 4.68 Å². The zero-order chi connectivity index (χ0) is 9.97. The van der Waals surface area contributed by atoms with Crippen LogP contribution in [0.5, 0.6) is 0 Å². The van der Waals surface area contributed by atoms with Crippen LogP contribution in [0.4, 0.5) is 5.82 Å². The average molecular weight is 187 g/mol. The second-order valence-electron chi connectivity index (χ2n) is 3.14. The maximum atomic E-state index is 5.79. The fourth-order valence-electron chi connectivity index (χ4n) is 1.43. The van der Waals surface area contributed by atoms with Crippen LogP contribution in [0.3, 0.4) is 0 Å². The molecule has 0 aliphatic heterocycles. The monoisotopic (exact) mass is 187 g/mol. The lowest BCUT2D eigenvalue weighted by Crippen LogP contribution is -2.01. The predicted octanol–water partition coefficient (Wildman–Crippen LogP) is 2.15. The van der Waals surface area contributed by atoms with Crippen molar-refractivity contribution in [2.75, 3.05) is 5.73 Å². The molecule has 2 aromatic rings. The Labute approximate surface area is 83.2 Å². The number of benzene rings is 1. The highest BCUT2D eigenvalue weighted by atomic mass is 15.3. The molecular formula is C11H13N3. The molecular weight excluding hydrogens is 174 g/mol. The molecule has 0 unspecified atom stereocenters. The van der Waals surface area contributed by atoms with Crippen molar-refractivity contribution in [3.8, 4) is 11.3 Å². The fourth-order valence-corrected chi connectivity index (χ4v) is 1.43. The van der Waals surface area contributed by atoms with Gasteiger partial charge in [0.05, 0.1) is 5.69 Å². The first-order valence-corrected chi connectivity index (χ1v) is 4.70. The Balaban J connectivity index is 2.43. The first-order chi connectivity index (χ1) is 6.81. The summed E-state index contributed by atoms with van der Waals surface area (Å²) in [5.74, 6) is 0.714. The van der Waals surface area contributed by atoms with Crippen molar-refractivity contribution >= 4 is 5.82 Å². The summed E-state index contributed by atoms with van der Waals surface area (Å²) in [6.45, 7) is 2.83. The molecule has 1 heterocycles.